The summed E-state index contributed by atoms with van der Waals surface area (Å²) in [6.45, 7) is 2.17. The second-order valence-electron chi connectivity index (χ2n) is 3.63. The highest BCUT2D eigenvalue weighted by Gasteiger charge is 2.04. The zero-order valence-electron chi connectivity index (χ0n) is 10.5. The number of hydrogen-bond acceptors (Lipinski definition) is 3. The fourth-order valence-electron chi connectivity index (χ4n) is 1.53. The SMILES string of the molecule is CCCSc1nccn1-c1ccc(OC)cc1.Cl. The van der Waals surface area contributed by atoms with Crippen LogP contribution < -0.4 is 4.74 Å². The Labute approximate surface area is 118 Å². The van der Waals surface area contributed by atoms with Crippen molar-refractivity contribution in [2.45, 2.75) is 18.5 Å². The number of methoxy groups -OCH3 is 1. The van der Waals surface area contributed by atoms with Crippen LogP contribution in [0.4, 0.5) is 0 Å². The average molecular weight is 285 g/mol. The maximum Gasteiger partial charge on any atom is 0.172 e. The first-order chi connectivity index (χ1) is 8.35. The highest BCUT2D eigenvalue weighted by atomic mass is 35.5. The van der Waals surface area contributed by atoms with Crippen LogP contribution in [0.25, 0.3) is 5.69 Å². The lowest BCUT2D eigenvalue weighted by molar-refractivity contribution is 0.414. The third-order valence-corrected chi connectivity index (χ3v) is 3.57. The quantitative estimate of drug-likeness (QED) is 0.782. The molecule has 98 valence electrons. The molecule has 5 heteroatoms. The third kappa shape index (κ3) is 3.43. The third-order valence-electron chi connectivity index (χ3n) is 2.39. The van der Waals surface area contributed by atoms with E-state index < -0.39 is 0 Å². The molecule has 0 atom stereocenters. The Bertz CT molecular complexity index is 470. The van der Waals surface area contributed by atoms with E-state index in [0.29, 0.717) is 0 Å². The Balaban J connectivity index is 0.00000162. The summed E-state index contributed by atoms with van der Waals surface area (Å²) in [5, 5.41) is 1.04. The number of aromatic nitrogens is 2. The number of benzene rings is 1. The first kappa shape index (κ1) is 14.9. The van der Waals surface area contributed by atoms with Crippen molar-refractivity contribution >= 4 is 24.2 Å². The van der Waals surface area contributed by atoms with E-state index in [1.165, 1.54) is 0 Å². The Morgan fingerprint density at radius 2 is 2.00 bits per heavy atom. The Kier molecular flexibility index (Phi) is 6.09. The Morgan fingerprint density at radius 3 is 2.61 bits per heavy atom. The molecule has 2 aromatic rings. The van der Waals surface area contributed by atoms with Gasteiger partial charge in [-0.05, 0) is 30.7 Å². The van der Waals surface area contributed by atoms with Crippen molar-refractivity contribution in [2.24, 2.45) is 0 Å². The normalized spacial score (nSPS) is 9.89. The van der Waals surface area contributed by atoms with E-state index in [2.05, 4.69) is 16.5 Å². The molecule has 0 saturated carbocycles. The lowest BCUT2D eigenvalue weighted by atomic mass is 10.3. The number of ether oxygens (including phenoxy) is 1. The van der Waals surface area contributed by atoms with Crippen LogP contribution in [0.2, 0.25) is 0 Å². The van der Waals surface area contributed by atoms with Gasteiger partial charge in [-0.1, -0.05) is 18.7 Å². The number of halogens is 1. The van der Waals surface area contributed by atoms with E-state index in [4.69, 9.17) is 4.74 Å². The zero-order chi connectivity index (χ0) is 12.1. The Hall–Kier alpha value is -1.13. The number of hydrogen-bond donors (Lipinski definition) is 0. The predicted molar refractivity (Wildman–Crippen MR) is 78.4 cm³/mol. The van der Waals surface area contributed by atoms with Gasteiger partial charge in [-0.15, -0.1) is 12.4 Å². The lowest BCUT2D eigenvalue weighted by Gasteiger charge is -2.07. The van der Waals surface area contributed by atoms with Crippen LogP contribution in [0.1, 0.15) is 13.3 Å². The summed E-state index contributed by atoms with van der Waals surface area (Å²) in [5.41, 5.74) is 1.11. The summed E-state index contributed by atoms with van der Waals surface area (Å²) in [6.07, 6.45) is 4.97. The van der Waals surface area contributed by atoms with Gasteiger partial charge in [0.2, 0.25) is 0 Å². The van der Waals surface area contributed by atoms with E-state index in [-0.39, 0.29) is 12.4 Å². The van der Waals surface area contributed by atoms with Crippen molar-refractivity contribution < 1.29 is 4.74 Å². The van der Waals surface area contributed by atoms with Crippen LogP contribution in [0.3, 0.4) is 0 Å². The summed E-state index contributed by atoms with van der Waals surface area (Å²) >= 11 is 1.78. The van der Waals surface area contributed by atoms with Crippen molar-refractivity contribution in [1.82, 2.24) is 9.55 Å². The van der Waals surface area contributed by atoms with Gasteiger partial charge >= 0.3 is 0 Å². The first-order valence-electron chi connectivity index (χ1n) is 5.65. The van der Waals surface area contributed by atoms with Gasteiger partial charge in [0, 0.05) is 23.8 Å². The minimum atomic E-state index is 0. The molecule has 1 aromatic heterocycles. The fraction of sp³-hybridized carbons (Fsp3) is 0.308. The fourth-order valence-corrected chi connectivity index (χ4v) is 2.36. The highest BCUT2D eigenvalue weighted by Crippen LogP contribution is 2.22. The van der Waals surface area contributed by atoms with Gasteiger partial charge in [0.25, 0.3) is 0 Å². The number of rotatable bonds is 5. The van der Waals surface area contributed by atoms with Crippen LogP contribution in [0, 0.1) is 0 Å². The maximum atomic E-state index is 5.15. The molecule has 0 bridgehead atoms. The summed E-state index contributed by atoms with van der Waals surface area (Å²) in [5.74, 6) is 1.96. The molecule has 0 fully saturated rings. The summed E-state index contributed by atoms with van der Waals surface area (Å²) in [4.78, 5) is 4.37. The van der Waals surface area contributed by atoms with E-state index in [1.54, 1.807) is 18.9 Å². The predicted octanol–water partition coefficient (Wildman–Crippen LogP) is 3.80. The second-order valence-corrected chi connectivity index (χ2v) is 4.69. The van der Waals surface area contributed by atoms with Gasteiger partial charge in [-0.2, -0.15) is 0 Å². The van der Waals surface area contributed by atoms with Crippen molar-refractivity contribution in [2.75, 3.05) is 12.9 Å². The molecular weight excluding hydrogens is 268 g/mol. The molecule has 2 rings (SSSR count). The molecule has 0 spiro atoms. The molecular formula is C13H17ClN2OS. The van der Waals surface area contributed by atoms with E-state index >= 15 is 0 Å². The molecule has 1 heterocycles. The summed E-state index contributed by atoms with van der Waals surface area (Å²) < 4.78 is 7.25. The number of thioether (sulfide) groups is 1. The van der Waals surface area contributed by atoms with Crippen LogP contribution in [0.5, 0.6) is 5.75 Å². The maximum absolute atomic E-state index is 5.15. The minimum Gasteiger partial charge on any atom is -0.497 e. The van der Waals surface area contributed by atoms with E-state index in [1.807, 2.05) is 36.7 Å². The van der Waals surface area contributed by atoms with Gasteiger partial charge in [-0.3, -0.25) is 4.57 Å². The zero-order valence-corrected chi connectivity index (χ0v) is 12.1. The average Bonchev–Trinajstić information content (AvgIpc) is 2.84. The molecule has 0 aliphatic heterocycles. The molecule has 0 saturated heterocycles. The summed E-state index contributed by atoms with van der Waals surface area (Å²) in [7, 11) is 1.68. The van der Waals surface area contributed by atoms with E-state index in [0.717, 1.165) is 28.8 Å². The molecule has 0 unspecified atom stereocenters. The smallest absolute Gasteiger partial charge is 0.172 e. The van der Waals surface area contributed by atoms with Gasteiger partial charge in [0.1, 0.15) is 5.75 Å². The molecule has 3 nitrogen and oxygen atoms in total. The van der Waals surface area contributed by atoms with Crippen molar-refractivity contribution in [3.8, 4) is 11.4 Å². The first-order valence-corrected chi connectivity index (χ1v) is 6.64. The van der Waals surface area contributed by atoms with Crippen molar-refractivity contribution in [1.29, 1.82) is 0 Å². The van der Waals surface area contributed by atoms with Crippen LogP contribution in [0.15, 0.2) is 41.8 Å². The van der Waals surface area contributed by atoms with Gasteiger partial charge < -0.3 is 4.74 Å². The number of nitrogens with zero attached hydrogens (tertiary/aromatic N) is 2. The molecule has 0 N–H and O–H groups in total. The minimum absolute atomic E-state index is 0. The topological polar surface area (TPSA) is 27.1 Å². The Morgan fingerprint density at radius 1 is 1.28 bits per heavy atom. The molecule has 18 heavy (non-hydrogen) atoms. The van der Waals surface area contributed by atoms with Crippen LogP contribution >= 0.6 is 24.2 Å². The highest BCUT2D eigenvalue weighted by molar-refractivity contribution is 7.99. The van der Waals surface area contributed by atoms with Crippen LogP contribution in [-0.2, 0) is 0 Å². The molecule has 1 aromatic carbocycles. The standard InChI is InChI=1S/C13H16N2OS.ClH/c1-3-10-17-13-14-8-9-15(13)11-4-6-12(16-2)7-5-11;/h4-9H,3,10H2,1-2H3;1H. The van der Waals surface area contributed by atoms with Gasteiger partial charge in [0.15, 0.2) is 5.16 Å². The van der Waals surface area contributed by atoms with Crippen molar-refractivity contribution in [3.63, 3.8) is 0 Å². The summed E-state index contributed by atoms with van der Waals surface area (Å²) in [6, 6.07) is 8.00. The lowest BCUT2D eigenvalue weighted by Crippen LogP contribution is -1.95. The number of imidazole rings is 1. The van der Waals surface area contributed by atoms with Gasteiger partial charge in [0.05, 0.1) is 7.11 Å². The van der Waals surface area contributed by atoms with Gasteiger partial charge in [-0.25, -0.2) is 4.98 Å². The molecule has 0 aliphatic rings. The largest absolute Gasteiger partial charge is 0.497 e. The molecule has 0 amide bonds. The monoisotopic (exact) mass is 284 g/mol. The van der Waals surface area contributed by atoms with Crippen molar-refractivity contribution in [3.05, 3.63) is 36.7 Å². The van der Waals surface area contributed by atoms with Crippen LogP contribution in [-0.4, -0.2) is 22.4 Å². The molecule has 0 aliphatic carbocycles. The molecule has 0 radical (unpaired) electrons. The second kappa shape index (κ2) is 7.34. The van der Waals surface area contributed by atoms with E-state index in [9.17, 15) is 0 Å².